The van der Waals surface area contributed by atoms with Crippen LogP contribution in [0, 0.1) is 0 Å². The number of thiocarbonyl (C=S) groups is 1. The number of nitrogens with zero attached hydrogens (tertiary/aromatic N) is 2. The molecule has 0 bridgehead atoms. The molecule has 3 aromatic rings. The molecule has 32 heavy (non-hydrogen) atoms. The first-order valence-corrected chi connectivity index (χ1v) is 9.79. The number of benzene rings is 1. The molecule has 4 N–H and O–H groups in total. The number of carboxylic acids is 1. The van der Waals surface area contributed by atoms with Crippen LogP contribution in [-0.2, 0) is 16.1 Å². The standard InChI is InChI=1S/C22H16N4O5S/c27-18-9-12(4-6-15(18)21(30)31)17-7-5-13(24-17)10-16-19(28)25-22(32)26(20(16)29)11-14-3-1-2-8-23-14/h1-10,24,27H,11H2,(H,30,31)(H,25,28,32). The number of pyridine rings is 1. The van der Waals surface area contributed by atoms with Gasteiger partial charge in [0.05, 0.1) is 12.2 Å². The number of nitrogens with one attached hydrogen (secondary N) is 2. The van der Waals surface area contributed by atoms with Gasteiger partial charge in [0.15, 0.2) is 5.11 Å². The number of amides is 2. The van der Waals surface area contributed by atoms with E-state index in [4.69, 9.17) is 17.3 Å². The van der Waals surface area contributed by atoms with Crippen LogP contribution in [0.1, 0.15) is 21.7 Å². The van der Waals surface area contributed by atoms with Gasteiger partial charge in [0, 0.05) is 23.1 Å². The number of aromatic hydroxyl groups is 1. The van der Waals surface area contributed by atoms with E-state index in [0.717, 1.165) is 0 Å². The van der Waals surface area contributed by atoms with Gasteiger partial charge in [-0.1, -0.05) is 12.1 Å². The lowest BCUT2D eigenvalue weighted by molar-refractivity contribution is -0.129. The van der Waals surface area contributed by atoms with Crippen LogP contribution in [-0.4, -0.2) is 48.0 Å². The van der Waals surface area contributed by atoms with Gasteiger partial charge in [-0.25, -0.2) is 4.79 Å². The summed E-state index contributed by atoms with van der Waals surface area (Å²) in [6.07, 6.45) is 3.00. The first-order chi connectivity index (χ1) is 15.3. The third-order valence-electron chi connectivity index (χ3n) is 4.78. The fourth-order valence-corrected chi connectivity index (χ4v) is 3.43. The van der Waals surface area contributed by atoms with E-state index in [2.05, 4.69) is 15.3 Å². The maximum Gasteiger partial charge on any atom is 0.339 e. The van der Waals surface area contributed by atoms with Gasteiger partial charge in [0.1, 0.15) is 16.9 Å². The van der Waals surface area contributed by atoms with Crippen molar-refractivity contribution in [2.75, 3.05) is 0 Å². The summed E-state index contributed by atoms with van der Waals surface area (Å²) in [5.41, 5.74) is 1.86. The molecule has 0 atom stereocenters. The van der Waals surface area contributed by atoms with Crippen molar-refractivity contribution in [2.24, 2.45) is 0 Å². The largest absolute Gasteiger partial charge is 0.507 e. The number of carbonyl (C=O) groups excluding carboxylic acids is 2. The van der Waals surface area contributed by atoms with Crippen LogP contribution in [0.4, 0.5) is 0 Å². The highest BCUT2D eigenvalue weighted by Gasteiger charge is 2.33. The molecule has 2 amide bonds. The molecular formula is C22H16N4O5S. The highest BCUT2D eigenvalue weighted by atomic mass is 32.1. The van der Waals surface area contributed by atoms with Crippen LogP contribution in [0.2, 0.25) is 0 Å². The molecule has 1 fully saturated rings. The van der Waals surface area contributed by atoms with Gasteiger partial charge >= 0.3 is 5.97 Å². The smallest absolute Gasteiger partial charge is 0.339 e. The summed E-state index contributed by atoms with van der Waals surface area (Å²) in [7, 11) is 0. The average Bonchev–Trinajstić information content (AvgIpc) is 3.23. The van der Waals surface area contributed by atoms with Crippen molar-refractivity contribution in [1.29, 1.82) is 0 Å². The van der Waals surface area contributed by atoms with E-state index in [9.17, 15) is 19.5 Å². The van der Waals surface area contributed by atoms with Crippen LogP contribution >= 0.6 is 12.2 Å². The van der Waals surface area contributed by atoms with Crippen LogP contribution < -0.4 is 5.32 Å². The van der Waals surface area contributed by atoms with Gasteiger partial charge in [0.25, 0.3) is 11.8 Å². The van der Waals surface area contributed by atoms with E-state index in [1.165, 1.54) is 29.2 Å². The summed E-state index contributed by atoms with van der Waals surface area (Å²) in [4.78, 5) is 44.9. The maximum absolute atomic E-state index is 13.0. The second-order valence-corrected chi connectivity index (χ2v) is 7.28. The molecule has 1 saturated heterocycles. The van der Waals surface area contributed by atoms with E-state index in [0.29, 0.717) is 22.6 Å². The molecule has 1 aromatic carbocycles. The molecule has 1 aliphatic rings. The van der Waals surface area contributed by atoms with Crippen molar-refractivity contribution in [3.8, 4) is 17.0 Å². The summed E-state index contributed by atoms with van der Waals surface area (Å²) in [6.45, 7) is 0.112. The lowest BCUT2D eigenvalue weighted by Gasteiger charge is -2.28. The summed E-state index contributed by atoms with van der Waals surface area (Å²) in [5, 5.41) is 21.5. The van der Waals surface area contributed by atoms with Crippen molar-refractivity contribution in [2.45, 2.75) is 6.54 Å². The molecule has 10 heteroatoms. The monoisotopic (exact) mass is 448 g/mol. The number of carboxylic acid groups (broad SMARTS) is 1. The Labute approximate surface area is 187 Å². The molecule has 9 nitrogen and oxygen atoms in total. The normalized spacial score (nSPS) is 15.2. The first-order valence-electron chi connectivity index (χ1n) is 9.38. The zero-order valence-electron chi connectivity index (χ0n) is 16.4. The fraction of sp³-hybridized carbons (Fsp3) is 0.0455. The van der Waals surface area contributed by atoms with Crippen molar-refractivity contribution in [3.63, 3.8) is 0 Å². The van der Waals surface area contributed by atoms with E-state index in [1.54, 1.807) is 36.5 Å². The molecule has 1 aliphatic heterocycles. The Morgan fingerprint density at radius 1 is 1.16 bits per heavy atom. The first kappa shape index (κ1) is 20.9. The van der Waals surface area contributed by atoms with Crippen molar-refractivity contribution < 1.29 is 24.6 Å². The zero-order valence-corrected chi connectivity index (χ0v) is 17.2. The van der Waals surface area contributed by atoms with E-state index >= 15 is 0 Å². The van der Waals surface area contributed by atoms with Gasteiger partial charge in [-0.2, -0.15) is 0 Å². The van der Waals surface area contributed by atoms with Gasteiger partial charge in [-0.15, -0.1) is 0 Å². The van der Waals surface area contributed by atoms with E-state index in [-0.39, 0.29) is 28.5 Å². The Morgan fingerprint density at radius 2 is 1.97 bits per heavy atom. The predicted molar refractivity (Wildman–Crippen MR) is 118 cm³/mol. The lowest BCUT2D eigenvalue weighted by Crippen LogP contribution is -2.53. The number of carbonyl (C=O) groups is 3. The minimum Gasteiger partial charge on any atom is -0.507 e. The summed E-state index contributed by atoms with van der Waals surface area (Å²) >= 11 is 5.15. The molecule has 0 saturated carbocycles. The molecule has 0 unspecified atom stereocenters. The molecule has 3 heterocycles. The molecule has 2 aromatic heterocycles. The van der Waals surface area contributed by atoms with Crippen molar-refractivity contribution in [3.05, 3.63) is 77.3 Å². The Kier molecular flexibility index (Phi) is 5.52. The van der Waals surface area contributed by atoms with Gasteiger partial charge < -0.3 is 15.2 Å². The number of aromatic amines is 1. The van der Waals surface area contributed by atoms with Crippen LogP contribution in [0.15, 0.2) is 60.3 Å². The van der Waals surface area contributed by atoms with Gasteiger partial charge in [0.2, 0.25) is 0 Å². The number of phenols is 1. The van der Waals surface area contributed by atoms with Crippen molar-refractivity contribution in [1.82, 2.24) is 20.2 Å². The van der Waals surface area contributed by atoms with Gasteiger partial charge in [-0.3, -0.25) is 24.8 Å². The van der Waals surface area contributed by atoms with Crippen LogP contribution in [0.25, 0.3) is 17.3 Å². The van der Waals surface area contributed by atoms with Crippen molar-refractivity contribution >= 4 is 41.2 Å². The second-order valence-electron chi connectivity index (χ2n) is 6.89. The predicted octanol–water partition coefficient (Wildman–Crippen LogP) is 2.31. The highest BCUT2D eigenvalue weighted by molar-refractivity contribution is 7.80. The zero-order chi connectivity index (χ0) is 22.8. The fourth-order valence-electron chi connectivity index (χ4n) is 3.19. The molecular weight excluding hydrogens is 432 g/mol. The summed E-state index contributed by atoms with van der Waals surface area (Å²) in [6, 6.07) is 12.8. The Bertz CT molecular complexity index is 1280. The summed E-state index contributed by atoms with van der Waals surface area (Å²) < 4.78 is 0. The SMILES string of the molecule is O=C1NC(=S)N(Cc2ccccn2)C(=O)C1=Cc1ccc(-c2ccc(C(=O)O)c(O)c2)[nH]1. The third-order valence-corrected chi connectivity index (χ3v) is 5.10. The molecule has 0 spiro atoms. The van der Waals surface area contributed by atoms with Gasteiger partial charge in [-0.05, 0) is 54.7 Å². The highest BCUT2D eigenvalue weighted by Crippen LogP contribution is 2.27. The number of aromatic carboxylic acids is 1. The molecule has 0 aliphatic carbocycles. The van der Waals surface area contributed by atoms with E-state index in [1.807, 2.05) is 0 Å². The average molecular weight is 448 g/mol. The number of hydrogen-bond donors (Lipinski definition) is 4. The molecule has 0 radical (unpaired) electrons. The minimum atomic E-state index is -1.24. The second kappa shape index (κ2) is 8.44. The quantitative estimate of drug-likeness (QED) is 0.267. The summed E-state index contributed by atoms with van der Waals surface area (Å²) in [5.74, 6) is -2.77. The number of aromatic nitrogens is 2. The molecule has 160 valence electrons. The maximum atomic E-state index is 13.0. The number of H-pyrrole nitrogens is 1. The topological polar surface area (TPSA) is 136 Å². The van der Waals surface area contributed by atoms with Crippen LogP contribution in [0.3, 0.4) is 0 Å². The Balaban J connectivity index is 1.60. The third kappa shape index (κ3) is 4.12. The van der Waals surface area contributed by atoms with Crippen LogP contribution in [0.5, 0.6) is 5.75 Å². The Morgan fingerprint density at radius 3 is 2.66 bits per heavy atom. The Hall–Kier alpha value is -4.31. The molecule has 4 rings (SSSR count). The number of rotatable bonds is 5. The van der Waals surface area contributed by atoms with E-state index < -0.39 is 17.8 Å². The number of hydrogen-bond acceptors (Lipinski definition) is 6. The minimum absolute atomic E-state index is 0.00368. The lowest BCUT2D eigenvalue weighted by atomic mass is 10.1.